The molecule has 0 radical (unpaired) electrons. The van der Waals surface area contributed by atoms with Crippen LogP contribution < -0.4 is 0 Å². The summed E-state index contributed by atoms with van der Waals surface area (Å²) in [4.78, 5) is 0. The first-order valence-corrected chi connectivity index (χ1v) is 9.37. The summed E-state index contributed by atoms with van der Waals surface area (Å²) >= 11 is 0. The molecule has 0 atom stereocenters. The van der Waals surface area contributed by atoms with Crippen molar-refractivity contribution in [2.75, 3.05) is 0 Å². The van der Waals surface area contributed by atoms with Crippen molar-refractivity contribution >= 4 is 44.5 Å². The number of rotatable bonds is 2. The van der Waals surface area contributed by atoms with Crippen LogP contribution in [0, 0.1) is 6.92 Å². The lowest BCUT2D eigenvalue weighted by atomic mass is 9.95. The molecule has 0 aliphatic heterocycles. The zero-order chi connectivity index (χ0) is 18.2. The molecule has 0 aliphatic rings. The van der Waals surface area contributed by atoms with Crippen molar-refractivity contribution in [3.8, 4) is 0 Å². The number of hydrogen-bond donors (Lipinski definition) is 0. The third-order valence-corrected chi connectivity index (χ3v) is 5.30. The predicted molar refractivity (Wildman–Crippen MR) is 119 cm³/mol. The van der Waals surface area contributed by atoms with Crippen LogP contribution in [0.1, 0.15) is 16.7 Å². The summed E-state index contributed by atoms with van der Waals surface area (Å²) in [6.07, 6.45) is 4.39. The highest BCUT2D eigenvalue weighted by Gasteiger charge is 2.05. The SMILES string of the molecule is Cc1ccc(/C=C/c2ccc3ccc4ccc5ccccc5c4c3c2)cc1. The maximum atomic E-state index is 2.31. The van der Waals surface area contributed by atoms with Crippen molar-refractivity contribution in [2.45, 2.75) is 6.92 Å². The van der Waals surface area contributed by atoms with E-state index in [0.29, 0.717) is 0 Å². The minimum Gasteiger partial charge on any atom is -0.0616 e. The third-order valence-electron chi connectivity index (χ3n) is 5.30. The molecule has 0 saturated heterocycles. The molecule has 0 unspecified atom stereocenters. The number of aryl methyl sites for hydroxylation is 1. The average molecular weight is 344 g/mol. The first-order valence-electron chi connectivity index (χ1n) is 9.37. The van der Waals surface area contributed by atoms with E-state index >= 15 is 0 Å². The molecule has 0 bridgehead atoms. The Kier molecular flexibility index (Phi) is 3.76. The van der Waals surface area contributed by atoms with Crippen LogP contribution in [0.2, 0.25) is 0 Å². The maximum absolute atomic E-state index is 2.31. The van der Waals surface area contributed by atoms with Crippen molar-refractivity contribution in [3.05, 3.63) is 108 Å². The van der Waals surface area contributed by atoms with Gasteiger partial charge in [-0.05, 0) is 56.4 Å². The summed E-state index contributed by atoms with van der Waals surface area (Å²) in [5.74, 6) is 0. The highest BCUT2D eigenvalue weighted by Crippen LogP contribution is 2.32. The van der Waals surface area contributed by atoms with Gasteiger partial charge in [0.1, 0.15) is 0 Å². The van der Waals surface area contributed by atoms with Crippen LogP contribution in [0.3, 0.4) is 0 Å². The zero-order valence-electron chi connectivity index (χ0n) is 15.3. The van der Waals surface area contributed by atoms with E-state index in [1.54, 1.807) is 0 Å². The van der Waals surface area contributed by atoms with E-state index < -0.39 is 0 Å². The molecule has 0 spiro atoms. The summed E-state index contributed by atoms with van der Waals surface area (Å²) in [6.45, 7) is 2.12. The van der Waals surface area contributed by atoms with Gasteiger partial charge in [0.2, 0.25) is 0 Å². The van der Waals surface area contributed by atoms with E-state index in [1.807, 2.05) is 0 Å². The lowest BCUT2D eigenvalue weighted by molar-refractivity contribution is 1.46. The molecule has 0 aliphatic carbocycles. The maximum Gasteiger partial charge on any atom is -0.00266 e. The summed E-state index contributed by atoms with van der Waals surface area (Å²) < 4.78 is 0. The van der Waals surface area contributed by atoms with Crippen molar-refractivity contribution in [1.29, 1.82) is 0 Å². The molecule has 27 heavy (non-hydrogen) atoms. The second-order valence-electron chi connectivity index (χ2n) is 7.17. The normalized spacial score (nSPS) is 11.7. The van der Waals surface area contributed by atoms with Crippen LogP contribution in [0.5, 0.6) is 0 Å². The molecular formula is C27H20. The molecule has 0 saturated carbocycles. The van der Waals surface area contributed by atoms with E-state index in [0.717, 1.165) is 0 Å². The molecular weight excluding hydrogens is 324 g/mol. The standard InChI is InChI=1S/C27H20/c1-19-6-8-20(9-7-19)10-11-21-12-13-23-15-17-24-16-14-22-4-2-3-5-25(22)27(24)26(23)18-21/h2-18H,1H3/b11-10+. The van der Waals surface area contributed by atoms with E-state index in [4.69, 9.17) is 0 Å². The van der Waals surface area contributed by atoms with Crippen molar-refractivity contribution in [2.24, 2.45) is 0 Å². The molecule has 0 heteroatoms. The highest BCUT2D eigenvalue weighted by molar-refractivity contribution is 6.20. The lowest BCUT2D eigenvalue weighted by Crippen LogP contribution is -1.82. The van der Waals surface area contributed by atoms with Gasteiger partial charge in [0, 0.05) is 0 Å². The Bertz CT molecular complexity index is 1300. The molecule has 128 valence electrons. The first kappa shape index (κ1) is 15.8. The van der Waals surface area contributed by atoms with Crippen LogP contribution >= 0.6 is 0 Å². The summed E-state index contributed by atoms with van der Waals surface area (Å²) in [5.41, 5.74) is 3.74. The fourth-order valence-electron chi connectivity index (χ4n) is 3.82. The van der Waals surface area contributed by atoms with Crippen molar-refractivity contribution in [3.63, 3.8) is 0 Å². The van der Waals surface area contributed by atoms with E-state index in [2.05, 4.69) is 110 Å². The summed E-state index contributed by atoms with van der Waals surface area (Å²) in [5, 5.41) is 7.84. The van der Waals surface area contributed by atoms with Crippen LogP contribution in [0.15, 0.2) is 91.0 Å². The molecule has 5 aromatic rings. The van der Waals surface area contributed by atoms with Gasteiger partial charge in [-0.15, -0.1) is 0 Å². The highest BCUT2D eigenvalue weighted by atomic mass is 14.1. The lowest BCUT2D eigenvalue weighted by Gasteiger charge is -2.09. The Morgan fingerprint density at radius 2 is 1.11 bits per heavy atom. The summed E-state index contributed by atoms with van der Waals surface area (Å²) in [7, 11) is 0. The smallest absolute Gasteiger partial charge is 0.00266 e. The largest absolute Gasteiger partial charge is 0.0616 e. The zero-order valence-corrected chi connectivity index (χ0v) is 15.3. The van der Waals surface area contributed by atoms with Gasteiger partial charge >= 0.3 is 0 Å². The molecule has 0 N–H and O–H groups in total. The van der Waals surface area contributed by atoms with E-state index in [1.165, 1.54) is 49.0 Å². The predicted octanol–water partition coefficient (Wildman–Crippen LogP) is 7.63. The van der Waals surface area contributed by atoms with E-state index in [-0.39, 0.29) is 0 Å². The number of hydrogen-bond acceptors (Lipinski definition) is 0. The molecule has 0 fully saturated rings. The summed E-state index contributed by atoms with van der Waals surface area (Å²) in [6, 6.07) is 32.9. The fourth-order valence-corrected chi connectivity index (χ4v) is 3.82. The van der Waals surface area contributed by atoms with Gasteiger partial charge in [0.05, 0.1) is 0 Å². The second kappa shape index (κ2) is 6.41. The number of benzene rings is 5. The Balaban J connectivity index is 1.70. The molecule has 0 aromatic heterocycles. The average Bonchev–Trinajstić information content (AvgIpc) is 2.72. The van der Waals surface area contributed by atoms with Crippen molar-refractivity contribution < 1.29 is 0 Å². The van der Waals surface area contributed by atoms with Gasteiger partial charge in [-0.25, -0.2) is 0 Å². The Morgan fingerprint density at radius 1 is 0.519 bits per heavy atom. The molecule has 5 aromatic carbocycles. The molecule has 0 nitrogen and oxygen atoms in total. The topological polar surface area (TPSA) is 0 Å². The molecule has 0 amide bonds. The Labute approximate surface area is 159 Å². The van der Waals surface area contributed by atoms with Gasteiger partial charge in [-0.2, -0.15) is 0 Å². The van der Waals surface area contributed by atoms with Crippen LogP contribution in [-0.4, -0.2) is 0 Å². The van der Waals surface area contributed by atoms with Crippen LogP contribution in [0.25, 0.3) is 44.5 Å². The Morgan fingerprint density at radius 3 is 1.93 bits per heavy atom. The molecule has 0 heterocycles. The van der Waals surface area contributed by atoms with Gasteiger partial charge in [0.15, 0.2) is 0 Å². The number of fused-ring (bicyclic) bond motifs is 5. The van der Waals surface area contributed by atoms with Crippen LogP contribution in [-0.2, 0) is 0 Å². The van der Waals surface area contributed by atoms with Gasteiger partial charge < -0.3 is 0 Å². The fraction of sp³-hybridized carbons (Fsp3) is 0.0370. The van der Waals surface area contributed by atoms with Gasteiger partial charge in [-0.1, -0.05) is 103 Å². The second-order valence-corrected chi connectivity index (χ2v) is 7.17. The monoisotopic (exact) mass is 344 g/mol. The van der Waals surface area contributed by atoms with Gasteiger partial charge in [-0.3, -0.25) is 0 Å². The van der Waals surface area contributed by atoms with Crippen molar-refractivity contribution in [1.82, 2.24) is 0 Å². The first-order chi connectivity index (χ1) is 13.3. The Hall–Kier alpha value is -3.38. The van der Waals surface area contributed by atoms with Gasteiger partial charge in [0.25, 0.3) is 0 Å². The minimum absolute atomic E-state index is 1.23. The van der Waals surface area contributed by atoms with Crippen LogP contribution in [0.4, 0.5) is 0 Å². The third kappa shape index (κ3) is 2.90. The quantitative estimate of drug-likeness (QED) is 0.228. The minimum atomic E-state index is 1.23. The molecule has 5 rings (SSSR count). The van der Waals surface area contributed by atoms with E-state index in [9.17, 15) is 0 Å².